The number of epoxide rings is 4. The second-order valence-corrected chi connectivity index (χ2v) is 5.00. The normalized spacial score (nSPS) is 36.6. The zero-order valence-electron chi connectivity index (χ0n) is 11.0. The van der Waals surface area contributed by atoms with Crippen LogP contribution in [0.5, 0.6) is 0 Å². The first-order valence-corrected chi connectivity index (χ1v) is 6.63. The molecule has 0 radical (unpaired) electrons. The molecular weight excluding hydrogens is 474 g/mol. The molecule has 0 aromatic heterocycles. The SMILES string of the molecule is C([N-]CC1CO1)C1CO1.C([N-]CC1CO1)C1CO1.[U+2]. The van der Waals surface area contributed by atoms with Gasteiger partial charge in [-0.15, -0.1) is 26.2 Å². The van der Waals surface area contributed by atoms with Gasteiger partial charge in [0.25, 0.3) is 0 Å². The van der Waals surface area contributed by atoms with E-state index in [9.17, 15) is 0 Å². The fourth-order valence-corrected chi connectivity index (χ4v) is 1.42. The van der Waals surface area contributed by atoms with Crippen molar-refractivity contribution in [1.29, 1.82) is 0 Å². The Morgan fingerprint density at radius 3 is 0.947 bits per heavy atom. The Balaban J connectivity index is 0.000000133. The van der Waals surface area contributed by atoms with E-state index in [-0.39, 0.29) is 31.1 Å². The third kappa shape index (κ3) is 8.64. The summed E-state index contributed by atoms with van der Waals surface area (Å²) in [5, 5.41) is 8.49. The summed E-state index contributed by atoms with van der Waals surface area (Å²) < 4.78 is 19.9. The van der Waals surface area contributed by atoms with Crippen LogP contribution in [0.4, 0.5) is 0 Å². The average Bonchev–Trinajstić information content (AvgIpc) is 3.21. The summed E-state index contributed by atoms with van der Waals surface area (Å²) in [7, 11) is 0. The van der Waals surface area contributed by atoms with E-state index in [1.807, 2.05) is 0 Å². The monoisotopic (exact) mass is 494 g/mol. The minimum absolute atomic E-state index is 0. The summed E-state index contributed by atoms with van der Waals surface area (Å²) in [5.41, 5.74) is 0. The van der Waals surface area contributed by atoms with Crippen LogP contribution in [-0.4, -0.2) is 77.0 Å². The van der Waals surface area contributed by atoms with E-state index in [0.29, 0.717) is 24.4 Å². The van der Waals surface area contributed by atoms with Gasteiger partial charge < -0.3 is 29.6 Å². The van der Waals surface area contributed by atoms with Crippen molar-refractivity contribution in [2.24, 2.45) is 0 Å². The maximum absolute atomic E-state index is 4.98. The van der Waals surface area contributed by atoms with Gasteiger partial charge in [-0.1, -0.05) is 0 Å². The first kappa shape index (κ1) is 16.2. The summed E-state index contributed by atoms with van der Waals surface area (Å²) in [4.78, 5) is 0. The molecule has 4 rings (SSSR count). The molecule has 4 unspecified atom stereocenters. The first-order chi connectivity index (χ1) is 8.90. The van der Waals surface area contributed by atoms with Gasteiger partial charge >= 0.3 is 31.1 Å². The molecule has 0 saturated carbocycles. The molecule has 0 amide bonds. The number of hydrogen-bond donors (Lipinski definition) is 0. The number of rotatable bonds is 8. The zero-order valence-corrected chi connectivity index (χ0v) is 15.2. The van der Waals surface area contributed by atoms with Crippen molar-refractivity contribution in [2.45, 2.75) is 24.4 Å². The smallest absolute Gasteiger partial charge is 0.658 e. The maximum atomic E-state index is 4.98. The molecule has 4 saturated heterocycles. The Labute approximate surface area is 137 Å². The van der Waals surface area contributed by atoms with Crippen LogP contribution in [0, 0.1) is 31.1 Å². The Hall–Kier alpha value is 0.812. The van der Waals surface area contributed by atoms with Crippen molar-refractivity contribution >= 4 is 0 Å². The van der Waals surface area contributed by atoms with Crippen molar-refractivity contribution in [3.63, 3.8) is 0 Å². The molecule has 7 heteroatoms. The predicted molar refractivity (Wildman–Crippen MR) is 65.1 cm³/mol. The summed E-state index contributed by atoms with van der Waals surface area (Å²) in [6.07, 6.45) is 1.79. The standard InChI is InChI=1S/2C6H10NO2.U/c2*1(5-3-8-5)7-2-6-4-9-6;/h2*5-6H,1-4H2;/q2*-1;+2. The number of nitrogens with zero attached hydrogens (tertiary/aromatic N) is 2. The molecule has 4 heterocycles. The van der Waals surface area contributed by atoms with Crippen LogP contribution < -0.4 is 0 Å². The van der Waals surface area contributed by atoms with Gasteiger partial charge in [0.05, 0.1) is 50.8 Å². The van der Waals surface area contributed by atoms with Gasteiger partial charge in [0, 0.05) is 0 Å². The largest absolute Gasteiger partial charge is 2.00 e. The van der Waals surface area contributed by atoms with Crippen LogP contribution in [0.25, 0.3) is 10.6 Å². The Bertz CT molecular complexity index is 206. The molecule has 0 aliphatic carbocycles. The molecule has 4 fully saturated rings. The van der Waals surface area contributed by atoms with Crippen molar-refractivity contribution < 1.29 is 50.1 Å². The van der Waals surface area contributed by atoms with Gasteiger partial charge in [0.2, 0.25) is 0 Å². The summed E-state index contributed by atoms with van der Waals surface area (Å²) >= 11 is 0. The van der Waals surface area contributed by atoms with Gasteiger partial charge in [-0.2, -0.15) is 0 Å². The summed E-state index contributed by atoms with van der Waals surface area (Å²) in [6.45, 7) is 7.15. The number of ether oxygens (including phenoxy) is 4. The fraction of sp³-hybridized carbons (Fsp3) is 1.00. The Morgan fingerprint density at radius 2 is 0.789 bits per heavy atom. The molecule has 0 aromatic carbocycles. The van der Waals surface area contributed by atoms with Crippen molar-refractivity contribution in [1.82, 2.24) is 0 Å². The van der Waals surface area contributed by atoms with Crippen LogP contribution in [0.15, 0.2) is 0 Å². The molecule has 6 nitrogen and oxygen atoms in total. The molecule has 19 heavy (non-hydrogen) atoms. The molecule has 0 bridgehead atoms. The van der Waals surface area contributed by atoms with Gasteiger partial charge in [-0.25, -0.2) is 0 Å². The Kier molecular flexibility index (Phi) is 7.07. The molecule has 106 valence electrons. The molecule has 0 aromatic rings. The second-order valence-electron chi connectivity index (χ2n) is 5.00. The second kappa shape index (κ2) is 8.30. The summed E-state index contributed by atoms with van der Waals surface area (Å²) in [5.74, 6) is 0. The van der Waals surface area contributed by atoms with E-state index in [2.05, 4.69) is 10.6 Å². The molecule has 4 aliphatic heterocycles. The van der Waals surface area contributed by atoms with Crippen LogP contribution in [0.3, 0.4) is 0 Å². The van der Waals surface area contributed by atoms with Gasteiger partial charge in [0.15, 0.2) is 0 Å². The van der Waals surface area contributed by atoms with Crippen LogP contribution in [0.2, 0.25) is 0 Å². The predicted octanol–water partition coefficient (Wildman–Crippen LogP) is 0.315. The van der Waals surface area contributed by atoms with Crippen LogP contribution in [0.1, 0.15) is 0 Å². The van der Waals surface area contributed by atoms with E-state index in [0.717, 1.165) is 52.6 Å². The van der Waals surface area contributed by atoms with Crippen molar-refractivity contribution in [2.75, 3.05) is 52.6 Å². The van der Waals surface area contributed by atoms with E-state index < -0.39 is 0 Å². The topological polar surface area (TPSA) is 78.3 Å². The molecule has 0 N–H and O–H groups in total. The third-order valence-electron chi connectivity index (χ3n) is 2.94. The molecular formula is C12H20N2O4U. The minimum atomic E-state index is 0. The fourth-order valence-electron chi connectivity index (χ4n) is 1.42. The van der Waals surface area contributed by atoms with E-state index in [1.54, 1.807) is 0 Å². The Morgan fingerprint density at radius 1 is 0.579 bits per heavy atom. The van der Waals surface area contributed by atoms with E-state index in [1.165, 1.54) is 0 Å². The van der Waals surface area contributed by atoms with Gasteiger partial charge in [-0.05, 0) is 0 Å². The summed E-state index contributed by atoms with van der Waals surface area (Å²) in [6, 6.07) is 0. The van der Waals surface area contributed by atoms with E-state index >= 15 is 0 Å². The minimum Gasteiger partial charge on any atom is -0.658 e. The third-order valence-corrected chi connectivity index (χ3v) is 2.94. The number of hydrogen-bond acceptors (Lipinski definition) is 4. The van der Waals surface area contributed by atoms with E-state index in [4.69, 9.17) is 18.9 Å². The average molecular weight is 494 g/mol. The maximum Gasteiger partial charge on any atom is 2.00 e. The van der Waals surface area contributed by atoms with Crippen LogP contribution in [-0.2, 0) is 18.9 Å². The molecule has 4 aliphatic rings. The van der Waals surface area contributed by atoms with Crippen LogP contribution >= 0.6 is 0 Å². The first-order valence-electron chi connectivity index (χ1n) is 6.63. The van der Waals surface area contributed by atoms with Gasteiger partial charge in [-0.3, -0.25) is 0 Å². The molecule has 0 spiro atoms. The van der Waals surface area contributed by atoms with Crippen molar-refractivity contribution in [3.05, 3.63) is 10.6 Å². The zero-order chi connectivity index (χ0) is 12.2. The molecule has 4 atom stereocenters. The van der Waals surface area contributed by atoms with Gasteiger partial charge in [0.1, 0.15) is 0 Å². The quantitative estimate of drug-likeness (QED) is 0.456. The van der Waals surface area contributed by atoms with Crippen molar-refractivity contribution in [3.8, 4) is 0 Å².